The van der Waals surface area contributed by atoms with E-state index in [4.69, 9.17) is 9.40 Å². The summed E-state index contributed by atoms with van der Waals surface area (Å²) in [5.74, 6) is 1.30. The first kappa shape index (κ1) is 22.3. The average Bonchev–Trinajstić information content (AvgIpc) is 3.30. The molecule has 0 bridgehead atoms. The van der Waals surface area contributed by atoms with Gasteiger partial charge in [0.05, 0.1) is 13.0 Å². The van der Waals surface area contributed by atoms with Crippen LogP contribution in [0.3, 0.4) is 0 Å². The summed E-state index contributed by atoms with van der Waals surface area (Å²) in [4.78, 5) is 20.2. The van der Waals surface area contributed by atoms with E-state index in [1.165, 1.54) is 5.56 Å². The van der Waals surface area contributed by atoms with E-state index in [2.05, 4.69) is 34.5 Å². The van der Waals surface area contributed by atoms with Crippen molar-refractivity contribution in [3.8, 4) is 22.6 Å². The third-order valence-electron chi connectivity index (χ3n) is 6.27. The molecular weight excluding hydrogens is 422 g/mol. The van der Waals surface area contributed by atoms with Crippen LogP contribution in [0.15, 0.2) is 95.4 Å². The van der Waals surface area contributed by atoms with E-state index >= 15 is 0 Å². The van der Waals surface area contributed by atoms with Gasteiger partial charge in [0.25, 0.3) is 0 Å². The van der Waals surface area contributed by atoms with Gasteiger partial charge in [-0.1, -0.05) is 91.0 Å². The number of hydrogen-bond donors (Lipinski definition) is 1. The summed E-state index contributed by atoms with van der Waals surface area (Å²) in [6.07, 6.45) is 1.12. The van der Waals surface area contributed by atoms with Crippen LogP contribution in [0, 0.1) is 0 Å². The Bertz CT molecular complexity index is 1150. The molecule has 0 saturated carbocycles. The quantitative estimate of drug-likeness (QED) is 0.423. The molecule has 4 aromatic rings. The van der Waals surface area contributed by atoms with Gasteiger partial charge in [0.15, 0.2) is 11.5 Å². The van der Waals surface area contributed by atoms with Crippen LogP contribution in [0.1, 0.15) is 11.5 Å². The maximum atomic E-state index is 13.1. The van der Waals surface area contributed by atoms with E-state index in [0.717, 1.165) is 42.9 Å². The maximum absolute atomic E-state index is 13.1. The molecule has 0 spiro atoms. The third kappa shape index (κ3) is 5.33. The number of carbonyl (C=O) groups excluding carboxylic acids is 1. The fourth-order valence-electron chi connectivity index (χ4n) is 4.57. The molecule has 1 aliphatic rings. The molecule has 5 nitrogen and oxygen atoms in total. The Morgan fingerprint density at radius 2 is 1.56 bits per heavy atom. The molecule has 1 aromatic heterocycles. The normalized spacial score (nSPS) is 16.4. The van der Waals surface area contributed by atoms with Gasteiger partial charge in [-0.15, -0.1) is 0 Å². The lowest BCUT2D eigenvalue weighted by Crippen LogP contribution is -2.53. The van der Waals surface area contributed by atoms with E-state index in [1.807, 2.05) is 66.7 Å². The van der Waals surface area contributed by atoms with Crippen LogP contribution in [0.4, 0.5) is 0 Å². The zero-order valence-electron chi connectivity index (χ0n) is 19.2. The van der Waals surface area contributed by atoms with Gasteiger partial charge in [0.1, 0.15) is 5.69 Å². The van der Waals surface area contributed by atoms with E-state index in [-0.39, 0.29) is 12.2 Å². The number of aromatic nitrogens is 1. The fraction of sp³-hybridized carbons (Fsp3) is 0.241. The molecular formula is C29H29N3O2. The van der Waals surface area contributed by atoms with Crippen molar-refractivity contribution in [3.05, 3.63) is 102 Å². The number of Topliss-reactive ketones (excluding diaryl/α,β-unsaturated/α-hetero) is 1. The van der Waals surface area contributed by atoms with Crippen LogP contribution in [-0.4, -0.2) is 47.9 Å². The van der Waals surface area contributed by atoms with Crippen molar-refractivity contribution in [2.24, 2.45) is 0 Å². The first-order valence-corrected chi connectivity index (χ1v) is 11.9. The highest BCUT2D eigenvalue weighted by Crippen LogP contribution is 2.32. The van der Waals surface area contributed by atoms with E-state index in [9.17, 15) is 4.79 Å². The number of oxazole rings is 1. The topological polar surface area (TPSA) is 58.4 Å². The Morgan fingerprint density at radius 3 is 2.26 bits per heavy atom. The van der Waals surface area contributed by atoms with Crippen molar-refractivity contribution < 1.29 is 9.21 Å². The first-order chi connectivity index (χ1) is 16.8. The molecule has 34 heavy (non-hydrogen) atoms. The summed E-state index contributed by atoms with van der Waals surface area (Å²) in [5.41, 5.74) is 4.01. The Kier molecular flexibility index (Phi) is 6.94. The van der Waals surface area contributed by atoms with E-state index in [1.54, 1.807) is 0 Å². The summed E-state index contributed by atoms with van der Waals surface area (Å²) >= 11 is 0. The van der Waals surface area contributed by atoms with Crippen LogP contribution >= 0.6 is 0 Å². The Labute approximate surface area is 200 Å². The molecule has 1 saturated heterocycles. The number of rotatable bonds is 8. The molecule has 0 aliphatic carbocycles. The predicted octanol–water partition coefficient (Wildman–Crippen LogP) is 4.64. The maximum Gasteiger partial charge on any atom is 0.203 e. The second-order valence-corrected chi connectivity index (χ2v) is 8.75. The number of nitrogens with one attached hydrogen (secondary N) is 1. The minimum Gasteiger partial charge on any atom is -0.440 e. The lowest BCUT2D eigenvalue weighted by molar-refractivity contribution is -0.120. The summed E-state index contributed by atoms with van der Waals surface area (Å²) in [5, 5.41) is 3.47. The van der Waals surface area contributed by atoms with Crippen molar-refractivity contribution in [2.75, 3.05) is 26.2 Å². The first-order valence-electron chi connectivity index (χ1n) is 11.9. The zero-order chi connectivity index (χ0) is 23.2. The van der Waals surface area contributed by atoms with Crippen LogP contribution in [0.2, 0.25) is 0 Å². The van der Waals surface area contributed by atoms with Gasteiger partial charge >= 0.3 is 0 Å². The van der Waals surface area contributed by atoms with Crippen LogP contribution in [-0.2, 0) is 17.6 Å². The summed E-state index contributed by atoms with van der Waals surface area (Å²) in [6.45, 7) is 3.05. The highest BCUT2D eigenvalue weighted by atomic mass is 16.4. The van der Waals surface area contributed by atoms with Gasteiger partial charge in [0, 0.05) is 36.8 Å². The Morgan fingerprint density at radius 1 is 0.912 bits per heavy atom. The highest BCUT2D eigenvalue weighted by Gasteiger charge is 2.25. The van der Waals surface area contributed by atoms with Crippen molar-refractivity contribution in [2.45, 2.75) is 18.9 Å². The van der Waals surface area contributed by atoms with Gasteiger partial charge < -0.3 is 9.73 Å². The summed E-state index contributed by atoms with van der Waals surface area (Å²) in [7, 11) is 0. The number of hydrogen-bond acceptors (Lipinski definition) is 5. The van der Waals surface area contributed by atoms with Crippen LogP contribution < -0.4 is 5.32 Å². The lowest BCUT2D eigenvalue weighted by atomic mass is 10.0. The highest BCUT2D eigenvalue weighted by molar-refractivity contribution is 5.83. The molecule has 172 valence electrons. The molecule has 1 aliphatic heterocycles. The molecule has 1 unspecified atom stereocenters. The third-order valence-corrected chi connectivity index (χ3v) is 6.27. The lowest BCUT2D eigenvalue weighted by Gasteiger charge is -2.35. The second-order valence-electron chi connectivity index (χ2n) is 8.75. The average molecular weight is 452 g/mol. The monoisotopic (exact) mass is 451 g/mol. The minimum absolute atomic E-state index is 0.125. The molecule has 1 atom stereocenters. The molecule has 1 fully saturated rings. The van der Waals surface area contributed by atoms with Gasteiger partial charge in [-0.2, -0.15) is 0 Å². The summed E-state index contributed by atoms with van der Waals surface area (Å²) in [6, 6.07) is 30.7. The van der Waals surface area contributed by atoms with Gasteiger partial charge in [-0.05, 0) is 12.0 Å². The molecule has 3 aromatic carbocycles. The van der Waals surface area contributed by atoms with Gasteiger partial charge in [-0.3, -0.25) is 9.69 Å². The largest absolute Gasteiger partial charge is 0.440 e. The summed E-state index contributed by atoms with van der Waals surface area (Å²) < 4.78 is 6.17. The van der Waals surface area contributed by atoms with Crippen LogP contribution in [0.5, 0.6) is 0 Å². The molecule has 5 rings (SSSR count). The number of ketones is 1. The van der Waals surface area contributed by atoms with Crippen molar-refractivity contribution in [3.63, 3.8) is 0 Å². The molecule has 5 heteroatoms. The fourth-order valence-corrected chi connectivity index (χ4v) is 4.57. The number of nitrogens with zero attached hydrogens (tertiary/aromatic N) is 2. The SMILES string of the molecule is O=C(Cc1nc(-c2ccccc2)c(-c2ccccc2)o1)CN1CCNCC1Cc1ccccc1. The predicted molar refractivity (Wildman–Crippen MR) is 134 cm³/mol. The van der Waals surface area contributed by atoms with E-state index in [0.29, 0.717) is 24.2 Å². The van der Waals surface area contributed by atoms with Crippen molar-refractivity contribution >= 4 is 5.78 Å². The smallest absolute Gasteiger partial charge is 0.203 e. The Balaban J connectivity index is 1.32. The Hall–Kier alpha value is -3.54. The number of piperazine rings is 1. The van der Waals surface area contributed by atoms with Gasteiger partial charge in [0.2, 0.25) is 5.89 Å². The molecule has 0 radical (unpaired) electrons. The van der Waals surface area contributed by atoms with Gasteiger partial charge in [-0.25, -0.2) is 4.98 Å². The minimum atomic E-state index is 0.125. The molecule has 0 amide bonds. The number of carbonyl (C=O) groups is 1. The van der Waals surface area contributed by atoms with E-state index < -0.39 is 0 Å². The molecule has 2 heterocycles. The standard InChI is InChI=1S/C29H29N3O2/c33-26(21-32-17-16-30-20-25(32)18-22-10-4-1-5-11-22)19-27-31-28(23-12-6-2-7-13-23)29(34-27)24-14-8-3-9-15-24/h1-15,25,30H,16-21H2. The van der Waals surface area contributed by atoms with Crippen molar-refractivity contribution in [1.82, 2.24) is 15.2 Å². The van der Waals surface area contributed by atoms with Crippen LogP contribution in [0.25, 0.3) is 22.6 Å². The van der Waals surface area contributed by atoms with Crippen molar-refractivity contribution in [1.29, 1.82) is 0 Å². The zero-order valence-corrected chi connectivity index (χ0v) is 19.2. The second kappa shape index (κ2) is 10.6. The molecule has 1 N–H and O–H groups in total. The number of benzene rings is 3.